The van der Waals surface area contributed by atoms with Gasteiger partial charge >= 0.3 is 5.97 Å². The second-order valence-corrected chi connectivity index (χ2v) is 8.58. The fraction of sp³-hybridized carbons (Fsp3) is 0.364. The molecule has 168 valence electrons. The number of carbonyl (C=O) groups is 2. The molecular weight excluding hydrogens is 443 g/mol. The van der Waals surface area contributed by atoms with Gasteiger partial charge in [-0.05, 0) is 57.5 Å². The van der Waals surface area contributed by atoms with E-state index in [4.69, 9.17) is 32.7 Å². The number of benzene rings is 2. The van der Waals surface area contributed by atoms with E-state index in [-0.39, 0.29) is 28.6 Å². The Hall–Kier alpha value is -2.64. The Balaban J connectivity index is 2.15. The number of amides is 1. The van der Waals surface area contributed by atoms with Crippen molar-refractivity contribution in [1.82, 2.24) is 5.32 Å². The molecule has 0 spiro atoms. The molecule has 0 saturated carbocycles. The topological polar surface area (TPSA) is 96.9 Å². The van der Waals surface area contributed by atoms with Gasteiger partial charge < -0.3 is 25.2 Å². The van der Waals surface area contributed by atoms with Gasteiger partial charge in [0.15, 0.2) is 18.1 Å². The Labute approximate surface area is 191 Å². The third kappa shape index (κ3) is 7.52. The van der Waals surface area contributed by atoms with Crippen LogP contribution in [0.1, 0.15) is 43.6 Å². The van der Waals surface area contributed by atoms with Crippen LogP contribution >= 0.6 is 23.2 Å². The van der Waals surface area contributed by atoms with Crippen molar-refractivity contribution in [2.24, 2.45) is 0 Å². The summed E-state index contributed by atoms with van der Waals surface area (Å²) in [7, 11) is 0. The molecule has 0 bridgehead atoms. The highest BCUT2D eigenvalue weighted by Gasteiger charge is 2.17. The van der Waals surface area contributed by atoms with E-state index in [2.05, 4.69) is 10.6 Å². The number of carboxylic acids is 1. The molecule has 0 atom stereocenters. The van der Waals surface area contributed by atoms with Gasteiger partial charge in [-0.25, -0.2) is 4.79 Å². The predicted molar refractivity (Wildman–Crippen MR) is 122 cm³/mol. The van der Waals surface area contributed by atoms with Crippen molar-refractivity contribution in [2.45, 2.75) is 39.8 Å². The molecule has 31 heavy (non-hydrogen) atoms. The number of hydrogen-bond donors (Lipinski definition) is 3. The molecule has 3 N–H and O–H groups in total. The van der Waals surface area contributed by atoms with Crippen molar-refractivity contribution < 1.29 is 24.2 Å². The lowest BCUT2D eigenvalue weighted by Crippen LogP contribution is -2.43. The summed E-state index contributed by atoms with van der Waals surface area (Å²) in [5, 5.41) is 15.7. The van der Waals surface area contributed by atoms with E-state index < -0.39 is 5.97 Å². The monoisotopic (exact) mass is 468 g/mol. The molecule has 2 aromatic rings. The van der Waals surface area contributed by atoms with E-state index in [1.165, 1.54) is 12.1 Å². The van der Waals surface area contributed by atoms with E-state index in [1.54, 1.807) is 18.2 Å². The van der Waals surface area contributed by atoms with E-state index >= 15 is 0 Å². The minimum atomic E-state index is -1.11. The maximum Gasteiger partial charge on any atom is 0.337 e. The first-order chi connectivity index (χ1) is 14.5. The summed E-state index contributed by atoms with van der Waals surface area (Å²) in [6.07, 6.45) is 0. The molecule has 7 nitrogen and oxygen atoms in total. The summed E-state index contributed by atoms with van der Waals surface area (Å²) >= 11 is 12.3. The lowest BCUT2D eigenvalue weighted by molar-refractivity contribution is -0.124. The molecule has 1 amide bonds. The van der Waals surface area contributed by atoms with Crippen molar-refractivity contribution in [3.8, 4) is 11.5 Å². The van der Waals surface area contributed by atoms with Crippen LogP contribution in [0.25, 0.3) is 0 Å². The number of carbonyl (C=O) groups excluding carboxylic acids is 1. The first kappa shape index (κ1) is 24.6. The van der Waals surface area contributed by atoms with Crippen LogP contribution < -0.4 is 20.1 Å². The minimum Gasteiger partial charge on any atom is -0.490 e. The molecule has 2 rings (SSSR count). The van der Waals surface area contributed by atoms with Crippen LogP contribution in [0.3, 0.4) is 0 Å². The maximum atomic E-state index is 12.0. The summed E-state index contributed by atoms with van der Waals surface area (Å²) in [4.78, 5) is 23.3. The molecule has 0 saturated heterocycles. The highest BCUT2D eigenvalue weighted by molar-refractivity contribution is 6.33. The van der Waals surface area contributed by atoms with Crippen molar-refractivity contribution in [2.75, 3.05) is 18.5 Å². The number of halogens is 2. The second kappa shape index (κ2) is 10.6. The van der Waals surface area contributed by atoms with E-state index in [0.29, 0.717) is 40.9 Å². The van der Waals surface area contributed by atoms with Gasteiger partial charge in [0.2, 0.25) is 0 Å². The standard InChI is InChI=1S/C22H26Cl2N2O5/c1-5-30-18-8-13(11-25-14-6-7-16(23)15(9-14)21(28)29)17(24)10-19(18)31-12-20(27)26-22(2,3)4/h6-10,25H,5,11-12H2,1-4H3,(H,26,27)(H,28,29). The average molecular weight is 469 g/mol. The quantitative estimate of drug-likeness (QED) is 0.479. The van der Waals surface area contributed by atoms with Crippen LogP contribution in [-0.2, 0) is 11.3 Å². The number of anilines is 1. The summed E-state index contributed by atoms with van der Waals surface area (Å²) in [5.74, 6) is -0.551. The summed E-state index contributed by atoms with van der Waals surface area (Å²) in [6, 6.07) is 7.97. The molecule has 0 aliphatic heterocycles. The third-order valence-electron chi connectivity index (χ3n) is 3.97. The van der Waals surface area contributed by atoms with Gasteiger partial charge in [0.25, 0.3) is 5.91 Å². The predicted octanol–water partition coefficient (Wildman–Crippen LogP) is 5.00. The summed E-state index contributed by atoms with van der Waals surface area (Å²) in [5.41, 5.74) is 0.932. The minimum absolute atomic E-state index is 0.00468. The Morgan fingerprint density at radius 2 is 1.71 bits per heavy atom. The zero-order valence-electron chi connectivity index (χ0n) is 17.8. The molecule has 2 aromatic carbocycles. The van der Waals surface area contributed by atoms with Gasteiger partial charge in [-0.15, -0.1) is 0 Å². The number of nitrogens with one attached hydrogen (secondary N) is 2. The first-order valence-electron chi connectivity index (χ1n) is 9.66. The molecular formula is C22H26Cl2N2O5. The van der Waals surface area contributed by atoms with Crippen molar-refractivity contribution in [3.63, 3.8) is 0 Å². The first-order valence-corrected chi connectivity index (χ1v) is 10.4. The smallest absolute Gasteiger partial charge is 0.337 e. The Kier molecular flexibility index (Phi) is 8.42. The van der Waals surface area contributed by atoms with Gasteiger partial charge in [-0.3, -0.25) is 4.79 Å². The van der Waals surface area contributed by atoms with Crippen LogP contribution in [0.2, 0.25) is 10.0 Å². The van der Waals surface area contributed by atoms with Crippen LogP contribution in [0.15, 0.2) is 30.3 Å². The van der Waals surface area contributed by atoms with E-state index in [1.807, 2.05) is 27.7 Å². The van der Waals surface area contributed by atoms with Crippen molar-refractivity contribution in [3.05, 3.63) is 51.5 Å². The highest BCUT2D eigenvalue weighted by atomic mass is 35.5. The number of carboxylic acid groups (broad SMARTS) is 1. The Morgan fingerprint density at radius 3 is 2.32 bits per heavy atom. The van der Waals surface area contributed by atoms with E-state index in [0.717, 1.165) is 0 Å². The van der Waals surface area contributed by atoms with Crippen molar-refractivity contribution in [1.29, 1.82) is 0 Å². The average Bonchev–Trinajstić information content (AvgIpc) is 2.66. The summed E-state index contributed by atoms with van der Waals surface area (Å²) in [6.45, 7) is 8.03. The van der Waals surface area contributed by atoms with Crippen LogP contribution in [-0.4, -0.2) is 35.7 Å². The number of ether oxygens (including phenoxy) is 2. The van der Waals surface area contributed by atoms with Gasteiger partial charge in [0.05, 0.1) is 17.2 Å². The number of rotatable bonds is 9. The third-order valence-corrected chi connectivity index (χ3v) is 4.65. The maximum absolute atomic E-state index is 12.0. The van der Waals surface area contributed by atoms with Crippen LogP contribution in [0, 0.1) is 0 Å². The van der Waals surface area contributed by atoms with Crippen LogP contribution in [0.4, 0.5) is 5.69 Å². The largest absolute Gasteiger partial charge is 0.490 e. The van der Waals surface area contributed by atoms with Crippen molar-refractivity contribution >= 4 is 40.8 Å². The lowest BCUT2D eigenvalue weighted by atomic mass is 10.1. The zero-order valence-corrected chi connectivity index (χ0v) is 19.4. The molecule has 0 radical (unpaired) electrons. The molecule has 0 aromatic heterocycles. The fourth-order valence-electron chi connectivity index (χ4n) is 2.69. The summed E-state index contributed by atoms with van der Waals surface area (Å²) < 4.78 is 11.3. The second-order valence-electron chi connectivity index (χ2n) is 7.76. The van der Waals surface area contributed by atoms with Crippen LogP contribution in [0.5, 0.6) is 11.5 Å². The number of aromatic carboxylic acids is 1. The fourth-order valence-corrected chi connectivity index (χ4v) is 3.11. The lowest BCUT2D eigenvalue weighted by Gasteiger charge is -2.21. The van der Waals surface area contributed by atoms with E-state index in [9.17, 15) is 14.7 Å². The normalized spacial score (nSPS) is 11.0. The van der Waals surface area contributed by atoms with Gasteiger partial charge in [0.1, 0.15) is 0 Å². The molecule has 0 aliphatic rings. The SMILES string of the molecule is CCOc1cc(CNc2ccc(Cl)c(C(=O)O)c2)c(Cl)cc1OCC(=O)NC(C)(C)C. The van der Waals surface area contributed by atoms with Gasteiger partial charge in [-0.1, -0.05) is 23.2 Å². The molecule has 9 heteroatoms. The molecule has 0 heterocycles. The molecule has 0 fully saturated rings. The zero-order chi connectivity index (χ0) is 23.2. The molecule has 0 unspecified atom stereocenters. The highest BCUT2D eigenvalue weighted by Crippen LogP contribution is 2.34. The Morgan fingerprint density at radius 1 is 1.03 bits per heavy atom. The van der Waals surface area contributed by atoms with Gasteiger partial charge in [-0.2, -0.15) is 0 Å². The van der Waals surface area contributed by atoms with Gasteiger partial charge in [0, 0.05) is 28.9 Å². The Bertz CT molecular complexity index is 958. The number of hydrogen-bond acceptors (Lipinski definition) is 5. The molecule has 0 aliphatic carbocycles.